The van der Waals surface area contributed by atoms with Crippen LogP contribution in [0.5, 0.6) is 0 Å². The summed E-state index contributed by atoms with van der Waals surface area (Å²) in [6.07, 6.45) is 2.46. The molecule has 0 spiro atoms. The van der Waals surface area contributed by atoms with Crippen LogP contribution in [0.1, 0.15) is 33.3 Å². The molecule has 3 rings (SSSR count). The van der Waals surface area contributed by atoms with Gasteiger partial charge in [-0.3, -0.25) is 4.68 Å². The number of methoxy groups -OCH3 is 1. The van der Waals surface area contributed by atoms with Crippen LogP contribution in [-0.2, 0) is 17.7 Å². The summed E-state index contributed by atoms with van der Waals surface area (Å²) in [5.41, 5.74) is 2.00. The minimum Gasteiger partial charge on any atom is -0.465 e. The van der Waals surface area contributed by atoms with Gasteiger partial charge >= 0.3 is 5.97 Å². The van der Waals surface area contributed by atoms with Crippen LogP contribution in [0.15, 0.2) is 36.5 Å². The lowest BCUT2D eigenvalue weighted by Gasteiger charge is -2.09. The highest BCUT2D eigenvalue weighted by molar-refractivity contribution is 7.80. The Morgan fingerprint density at radius 1 is 1.31 bits per heavy atom. The molecule has 0 aliphatic carbocycles. The van der Waals surface area contributed by atoms with E-state index in [0.717, 1.165) is 16.9 Å². The molecule has 9 heteroatoms. The molecule has 3 aromatic rings. The number of benzene rings is 1. The molecule has 0 radical (unpaired) electrons. The summed E-state index contributed by atoms with van der Waals surface area (Å²) in [5, 5.41) is 11.4. The van der Waals surface area contributed by atoms with Crippen molar-refractivity contribution in [2.24, 2.45) is 0 Å². The van der Waals surface area contributed by atoms with Gasteiger partial charge in [0.1, 0.15) is 10.8 Å². The number of nitrogens with one attached hydrogen (secondary N) is 2. The number of hydrogen-bond acceptors (Lipinski definition) is 5. The Morgan fingerprint density at radius 2 is 2.07 bits per heavy atom. The Balaban J connectivity index is 1.70. The van der Waals surface area contributed by atoms with Crippen LogP contribution in [-0.4, -0.2) is 28.0 Å². The number of carbonyl (C=O) groups is 1. The molecule has 6 nitrogen and oxygen atoms in total. The van der Waals surface area contributed by atoms with E-state index < -0.39 is 5.97 Å². The SMILES string of the molecule is CCc1c(C)sc(NC(=S)Nc2ccn(Cc3ccccc3F)n2)c1C(=O)OC. The maximum Gasteiger partial charge on any atom is 0.341 e. The van der Waals surface area contributed by atoms with Crippen LogP contribution >= 0.6 is 23.6 Å². The van der Waals surface area contributed by atoms with Crippen LogP contribution in [0.4, 0.5) is 15.2 Å². The molecule has 2 N–H and O–H groups in total. The predicted octanol–water partition coefficient (Wildman–Crippen LogP) is 4.60. The molecule has 2 aromatic heterocycles. The first kappa shape index (κ1) is 20.9. The summed E-state index contributed by atoms with van der Waals surface area (Å²) >= 11 is 6.82. The minimum absolute atomic E-state index is 0.273. The monoisotopic (exact) mass is 432 g/mol. The van der Waals surface area contributed by atoms with Crippen LogP contribution in [0, 0.1) is 12.7 Å². The largest absolute Gasteiger partial charge is 0.465 e. The molecular weight excluding hydrogens is 411 g/mol. The third-order valence-electron chi connectivity index (χ3n) is 4.35. The predicted molar refractivity (Wildman–Crippen MR) is 117 cm³/mol. The fourth-order valence-electron chi connectivity index (χ4n) is 2.98. The second-order valence-corrected chi connectivity index (χ2v) is 7.89. The molecule has 1 aromatic carbocycles. The normalized spacial score (nSPS) is 10.6. The highest BCUT2D eigenvalue weighted by atomic mass is 32.1. The number of carbonyl (C=O) groups excluding carboxylic acids is 1. The lowest BCUT2D eigenvalue weighted by Crippen LogP contribution is -2.20. The number of hydrogen-bond donors (Lipinski definition) is 2. The second-order valence-electron chi connectivity index (χ2n) is 6.26. The van der Waals surface area contributed by atoms with E-state index in [9.17, 15) is 9.18 Å². The van der Waals surface area contributed by atoms with Gasteiger partial charge < -0.3 is 15.4 Å². The maximum absolute atomic E-state index is 13.8. The Kier molecular flexibility index (Phi) is 6.60. The Hall–Kier alpha value is -2.78. The summed E-state index contributed by atoms with van der Waals surface area (Å²) in [6.45, 7) is 4.26. The topological polar surface area (TPSA) is 68.2 Å². The molecule has 0 aliphatic rings. The lowest BCUT2D eigenvalue weighted by atomic mass is 10.1. The van der Waals surface area contributed by atoms with Gasteiger partial charge in [0.05, 0.1) is 19.2 Å². The highest BCUT2D eigenvalue weighted by Gasteiger charge is 2.22. The molecular formula is C20H21FN4O2S2. The van der Waals surface area contributed by atoms with Crippen molar-refractivity contribution in [1.82, 2.24) is 9.78 Å². The van der Waals surface area contributed by atoms with Crippen molar-refractivity contribution < 1.29 is 13.9 Å². The molecule has 0 saturated heterocycles. The van der Waals surface area contributed by atoms with Gasteiger partial charge in [0.25, 0.3) is 0 Å². The number of aromatic nitrogens is 2. The van der Waals surface area contributed by atoms with Crippen molar-refractivity contribution in [2.75, 3.05) is 17.7 Å². The second kappa shape index (κ2) is 9.15. The summed E-state index contributed by atoms with van der Waals surface area (Å²) in [6, 6.07) is 8.32. The highest BCUT2D eigenvalue weighted by Crippen LogP contribution is 2.34. The van der Waals surface area contributed by atoms with Gasteiger partial charge in [0, 0.05) is 22.7 Å². The van der Waals surface area contributed by atoms with E-state index >= 15 is 0 Å². The first-order valence-corrected chi connectivity index (χ1v) is 10.2. The van der Waals surface area contributed by atoms with Crippen molar-refractivity contribution in [1.29, 1.82) is 0 Å². The minimum atomic E-state index is -0.398. The van der Waals surface area contributed by atoms with E-state index in [2.05, 4.69) is 15.7 Å². The summed E-state index contributed by atoms with van der Waals surface area (Å²) < 4.78 is 20.3. The summed E-state index contributed by atoms with van der Waals surface area (Å²) in [4.78, 5) is 13.2. The van der Waals surface area contributed by atoms with Gasteiger partial charge in [-0.2, -0.15) is 5.10 Å². The standard InChI is InChI=1S/C20H21FN4O2S2/c1-4-14-12(2)29-18(17(14)19(26)27-3)23-20(28)22-16-9-10-25(24-16)11-13-7-5-6-8-15(13)21/h5-10H,4,11H2,1-3H3,(H2,22,23,24,28). The Labute approximate surface area is 177 Å². The van der Waals surface area contributed by atoms with Gasteiger partial charge in [-0.15, -0.1) is 11.3 Å². The molecule has 0 saturated carbocycles. The van der Waals surface area contributed by atoms with Crippen molar-refractivity contribution >= 4 is 45.5 Å². The van der Waals surface area contributed by atoms with Crippen LogP contribution in [0.3, 0.4) is 0 Å². The van der Waals surface area contributed by atoms with E-state index in [1.54, 1.807) is 35.1 Å². The number of ether oxygens (including phenoxy) is 1. The molecule has 29 heavy (non-hydrogen) atoms. The number of anilines is 2. The quantitative estimate of drug-likeness (QED) is 0.438. The maximum atomic E-state index is 13.8. The number of thiocarbonyl (C=S) groups is 1. The molecule has 0 atom stereocenters. The van der Waals surface area contributed by atoms with Gasteiger partial charge in [0.15, 0.2) is 10.9 Å². The fourth-order valence-corrected chi connectivity index (χ4v) is 4.39. The lowest BCUT2D eigenvalue weighted by molar-refractivity contribution is 0.0601. The van der Waals surface area contributed by atoms with Crippen molar-refractivity contribution in [3.05, 3.63) is 63.9 Å². The smallest absolute Gasteiger partial charge is 0.341 e. The van der Waals surface area contributed by atoms with E-state index in [0.29, 0.717) is 33.6 Å². The number of nitrogens with zero attached hydrogens (tertiary/aromatic N) is 2. The van der Waals surface area contributed by atoms with Crippen LogP contribution in [0.2, 0.25) is 0 Å². The molecule has 152 valence electrons. The Bertz CT molecular complexity index is 1050. The molecule has 0 amide bonds. The molecule has 2 heterocycles. The zero-order chi connectivity index (χ0) is 21.0. The zero-order valence-corrected chi connectivity index (χ0v) is 17.9. The number of thiophene rings is 1. The molecule has 0 bridgehead atoms. The first-order chi connectivity index (χ1) is 13.9. The molecule has 0 fully saturated rings. The number of esters is 1. The van der Waals surface area contributed by atoms with Gasteiger partial charge in [-0.05, 0) is 37.2 Å². The van der Waals surface area contributed by atoms with Gasteiger partial charge in [-0.25, -0.2) is 9.18 Å². The molecule has 0 aliphatic heterocycles. The van der Waals surface area contributed by atoms with Crippen molar-refractivity contribution in [3.63, 3.8) is 0 Å². The van der Waals surface area contributed by atoms with Crippen molar-refractivity contribution in [3.8, 4) is 0 Å². The van der Waals surface area contributed by atoms with E-state index in [-0.39, 0.29) is 5.82 Å². The third kappa shape index (κ3) is 4.80. The summed E-state index contributed by atoms with van der Waals surface area (Å²) in [7, 11) is 1.36. The fraction of sp³-hybridized carbons (Fsp3) is 0.250. The Morgan fingerprint density at radius 3 is 2.76 bits per heavy atom. The van der Waals surface area contributed by atoms with E-state index in [1.165, 1.54) is 24.5 Å². The van der Waals surface area contributed by atoms with E-state index in [1.807, 2.05) is 13.8 Å². The van der Waals surface area contributed by atoms with E-state index in [4.69, 9.17) is 17.0 Å². The zero-order valence-electron chi connectivity index (χ0n) is 16.3. The number of rotatable bonds is 6. The van der Waals surface area contributed by atoms with Gasteiger partial charge in [0.2, 0.25) is 0 Å². The number of aryl methyl sites for hydroxylation is 1. The first-order valence-electron chi connectivity index (χ1n) is 8.98. The molecule has 0 unspecified atom stereocenters. The van der Waals surface area contributed by atoms with Crippen molar-refractivity contribution in [2.45, 2.75) is 26.8 Å². The average molecular weight is 433 g/mol. The number of halogens is 1. The van der Waals surface area contributed by atoms with Crippen LogP contribution < -0.4 is 10.6 Å². The van der Waals surface area contributed by atoms with Crippen LogP contribution in [0.25, 0.3) is 0 Å². The average Bonchev–Trinajstić information content (AvgIpc) is 3.26. The summed E-state index contributed by atoms with van der Waals surface area (Å²) in [5.74, 6) is -0.155. The van der Waals surface area contributed by atoms with Gasteiger partial charge in [-0.1, -0.05) is 25.1 Å². The third-order valence-corrected chi connectivity index (χ3v) is 5.62.